The summed E-state index contributed by atoms with van der Waals surface area (Å²) in [5.41, 5.74) is -0.204. The molecule has 0 aromatic heterocycles. The molecule has 0 aliphatic carbocycles. The Bertz CT molecular complexity index is 295. The first-order valence-electron chi connectivity index (χ1n) is 6.10. The summed E-state index contributed by atoms with van der Waals surface area (Å²) >= 11 is 0. The lowest BCUT2D eigenvalue weighted by atomic mass is 9.89. The first-order valence-corrected chi connectivity index (χ1v) is 6.10. The van der Waals surface area contributed by atoms with Crippen LogP contribution in [0.25, 0.3) is 0 Å². The molecule has 1 heterocycles. The Labute approximate surface area is 98.7 Å². The Morgan fingerprint density at radius 3 is 2.75 bits per heavy atom. The molecule has 1 atom stereocenters. The molecule has 1 saturated heterocycles. The number of hydrogen-bond donors (Lipinski definition) is 0. The van der Waals surface area contributed by atoms with Crippen LogP contribution in [-0.2, 0) is 0 Å². The second-order valence-electron chi connectivity index (χ2n) is 5.37. The lowest BCUT2D eigenvalue weighted by Gasteiger charge is -2.30. The molecule has 0 amide bonds. The molecule has 0 radical (unpaired) electrons. The zero-order valence-corrected chi connectivity index (χ0v) is 10.4. The van der Waals surface area contributed by atoms with Gasteiger partial charge in [-0.25, -0.2) is 0 Å². The zero-order chi connectivity index (χ0) is 12.0. The van der Waals surface area contributed by atoms with Crippen LogP contribution in [0, 0.1) is 34.0 Å². The maximum atomic E-state index is 8.90. The second-order valence-corrected chi connectivity index (χ2v) is 5.37. The van der Waals surface area contributed by atoms with Crippen molar-refractivity contribution in [1.82, 2.24) is 4.90 Å². The number of likely N-dealkylation sites (tertiary alicyclic amines) is 1. The Hall–Kier alpha value is -1.06. The van der Waals surface area contributed by atoms with Gasteiger partial charge in [0, 0.05) is 6.54 Å². The van der Waals surface area contributed by atoms with E-state index in [1.807, 2.05) is 13.8 Å². The molecule has 0 bridgehead atoms. The van der Waals surface area contributed by atoms with Crippen molar-refractivity contribution in [3.63, 3.8) is 0 Å². The minimum atomic E-state index is -0.204. The van der Waals surface area contributed by atoms with E-state index in [1.54, 1.807) is 0 Å². The van der Waals surface area contributed by atoms with E-state index in [0.717, 1.165) is 45.3 Å². The van der Waals surface area contributed by atoms with Crippen LogP contribution in [0.1, 0.15) is 39.5 Å². The van der Waals surface area contributed by atoms with Crippen molar-refractivity contribution >= 4 is 0 Å². The third-order valence-corrected chi connectivity index (χ3v) is 3.27. The van der Waals surface area contributed by atoms with Gasteiger partial charge in [-0.2, -0.15) is 10.5 Å². The summed E-state index contributed by atoms with van der Waals surface area (Å²) in [7, 11) is 0. The Morgan fingerprint density at radius 2 is 2.12 bits per heavy atom. The van der Waals surface area contributed by atoms with Gasteiger partial charge in [-0.3, -0.25) is 0 Å². The third-order valence-electron chi connectivity index (χ3n) is 3.27. The van der Waals surface area contributed by atoms with Crippen molar-refractivity contribution < 1.29 is 0 Å². The fourth-order valence-corrected chi connectivity index (χ4v) is 2.16. The normalized spacial score (nSPS) is 22.4. The average molecular weight is 219 g/mol. The van der Waals surface area contributed by atoms with Crippen molar-refractivity contribution in [2.45, 2.75) is 39.5 Å². The van der Waals surface area contributed by atoms with Gasteiger partial charge in [-0.15, -0.1) is 0 Å². The average Bonchev–Trinajstić information content (AvgIpc) is 2.29. The number of rotatable bonds is 4. The molecule has 3 heteroatoms. The van der Waals surface area contributed by atoms with Gasteiger partial charge in [0.25, 0.3) is 0 Å². The van der Waals surface area contributed by atoms with Gasteiger partial charge >= 0.3 is 0 Å². The fraction of sp³-hybridized carbons (Fsp3) is 0.846. The maximum Gasteiger partial charge on any atom is 0.0683 e. The Morgan fingerprint density at radius 1 is 1.38 bits per heavy atom. The van der Waals surface area contributed by atoms with E-state index in [4.69, 9.17) is 10.5 Å². The molecule has 1 fully saturated rings. The monoisotopic (exact) mass is 219 g/mol. The SMILES string of the molecule is CC(C)(C#N)CCCN1CCCC(C#N)C1. The van der Waals surface area contributed by atoms with Crippen LogP contribution in [0.4, 0.5) is 0 Å². The van der Waals surface area contributed by atoms with Crippen LogP contribution >= 0.6 is 0 Å². The van der Waals surface area contributed by atoms with E-state index in [1.165, 1.54) is 0 Å². The molecule has 0 aromatic rings. The minimum Gasteiger partial charge on any atom is -0.302 e. The molecular weight excluding hydrogens is 198 g/mol. The second kappa shape index (κ2) is 5.87. The van der Waals surface area contributed by atoms with E-state index in [0.29, 0.717) is 0 Å². The van der Waals surface area contributed by atoms with Crippen LogP contribution in [0.15, 0.2) is 0 Å². The van der Waals surface area contributed by atoms with Gasteiger partial charge in [0.1, 0.15) is 0 Å². The molecule has 0 N–H and O–H groups in total. The number of nitrogens with zero attached hydrogens (tertiary/aromatic N) is 3. The summed E-state index contributed by atoms with van der Waals surface area (Å²) < 4.78 is 0. The molecule has 1 aliphatic heterocycles. The van der Waals surface area contributed by atoms with Gasteiger partial charge in [-0.05, 0) is 52.6 Å². The van der Waals surface area contributed by atoms with E-state index in [9.17, 15) is 0 Å². The van der Waals surface area contributed by atoms with Crippen LogP contribution < -0.4 is 0 Å². The van der Waals surface area contributed by atoms with E-state index >= 15 is 0 Å². The summed E-state index contributed by atoms with van der Waals surface area (Å²) in [5, 5.41) is 17.8. The van der Waals surface area contributed by atoms with Crippen LogP contribution in [0.2, 0.25) is 0 Å². The first-order chi connectivity index (χ1) is 7.57. The minimum absolute atomic E-state index is 0.204. The summed E-state index contributed by atoms with van der Waals surface area (Å²) in [5.74, 6) is 0.220. The molecule has 1 aliphatic rings. The van der Waals surface area contributed by atoms with Crippen molar-refractivity contribution in [1.29, 1.82) is 10.5 Å². The highest BCUT2D eigenvalue weighted by Crippen LogP contribution is 2.22. The largest absolute Gasteiger partial charge is 0.302 e. The molecule has 0 spiro atoms. The van der Waals surface area contributed by atoms with E-state index in [-0.39, 0.29) is 11.3 Å². The van der Waals surface area contributed by atoms with Gasteiger partial charge in [-0.1, -0.05) is 0 Å². The van der Waals surface area contributed by atoms with E-state index in [2.05, 4.69) is 17.0 Å². The molecule has 0 saturated carbocycles. The topological polar surface area (TPSA) is 50.8 Å². The molecule has 16 heavy (non-hydrogen) atoms. The summed E-state index contributed by atoms with van der Waals surface area (Å²) in [6.07, 6.45) is 4.19. The van der Waals surface area contributed by atoms with Crippen molar-refractivity contribution in [3.8, 4) is 12.1 Å². The van der Waals surface area contributed by atoms with Gasteiger partial charge in [0.2, 0.25) is 0 Å². The number of nitriles is 2. The highest BCUT2D eigenvalue weighted by Gasteiger charge is 2.20. The molecule has 1 rings (SSSR count). The van der Waals surface area contributed by atoms with Crippen molar-refractivity contribution in [3.05, 3.63) is 0 Å². The predicted molar refractivity (Wildman–Crippen MR) is 63.4 cm³/mol. The van der Waals surface area contributed by atoms with E-state index < -0.39 is 0 Å². The highest BCUT2D eigenvalue weighted by atomic mass is 15.1. The lowest BCUT2D eigenvalue weighted by Crippen LogP contribution is -2.35. The summed E-state index contributed by atoms with van der Waals surface area (Å²) in [6, 6.07) is 4.69. The highest BCUT2D eigenvalue weighted by molar-refractivity contribution is 4.92. The molecule has 88 valence electrons. The van der Waals surface area contributed by atoms with Crippen molar-refractivity contribution in [2.75, 3.05) is 19.6 Å². The molecule has 3 nitrogen and oxygen atoms in total. The standard InChI is InChI=1S/C13H21N3/c1-13(2,11-15)6-4-8-16-7-3-5-12(9-14)10-16/h12H,3-8,10H2,1-2H3. The third kappa shape index (κ3) is 4.21. The molecule has 0 aromatic carbocycles. The van der Waals surface area contributed by atoms with Gasteiger partial charge in [0.15, 0.2) is 0 Å². The van der Waals surface area contributed by atoms with Crippen LogP contribution in [0.3, 0.4) is 0 Å². The molecule has 1 unspecified atom stereocenters. The van der Waals surface area contributed by atoms with Crippen LogP contribution in [0.5, 0.6) is 0 Å². The number of hydrogen-bond acceptors (Lipinski definition) is 3. The smallest absolute Gasteiger partial charge is 0.0683 e. The van der Waals surface area contributed by atoms with Gasteiger partial charge < -0.3 is 4.90 Å². The first kappa shape index (κ1) is 13.0. The summed E-state index contributed by atoms with van der Waals surface area (Å²) in [4.78, 5) is 2.37. The quantitative estimate of drug-likeness (QED) is 0.730. The molecular formula is C13H21N3. The summed E-state index contributed by atoms with van der Waals surface area (Å²) in [6.45, 7) is 7.04. The number of piperidine rings is 1. The Kier molecular flexibility index (Phi) is 4.77. The van der Waals surface area contributed by atoms with Crippen LogP contribution in [-0.4, -0.2) is 24.5 Å². The predicted octanol–water partition coefficient (Wildman–Crippen LogP) is 2.55. The van der Waals surface area contributed by atoms with Crippen molar-refractivity contribution in [2.24, 2.45) is 11.3 Å². The fourth-order valence-electron chi connectivity index (χ4n) is 2.16. The van der Waals surface area contributed by atoms with Gasteiger partial charge in [0.05, 0.1) is 23.5 Å². The lowest BCUT2D eigenvalue weighted by molar-refractivity contribution is 0.191. The zero-order valence-electron chi connectivity index (χ0n) is 10.4. The Balaban J connectivity index is 2.24. The maximum absolute atomic E-state index is 8.90.